The lowest BCUT2D eigenvalue weighted by Crippen LogP contribution is -2.54. The maximum Gasteiger partial charge on any atom is 0.330 e. The molecule has 33 heavy (non-hydrogen) atoms. The fourth-order valence-corrected chi connectivity index (χ4v) is 8.81. The minimum Gasteiger partial charge on any atom is -0.478 e. The molecule has 0 aliphatic heterocycles. The van der Waals surface area contributed by atoms with E-state index in [-0.39, 0.29) is 22.3 Å². The third-order valence-corrected chi connectivity index (χ3v) is 11.1. The van der Waals surface area contributed by atoms with Crippen molar-refractivity contribution in [3.05, 3.63) is 35.5 Å². The lowest BCUT2D eigenvalue weighted by Gasteiger charge is -2.58. The highest BCUT2D eigenvalue weighted by Crippen LogP contribution is 2.70. The lowest BCUT2D eigenvalue weighted by atomic mass is 9.47. The Morgan fingerprint density at radius 3 is 2.58 bits per heavy atom. The average Bonchev–Trinajstić information content (AvgIpc) is 3.06. The van der Waals surface area contributed by atoms with Gasteiger partial charge in [0, 0.05) is 5.57 Å². The number of carbonyl (C=O) groups is 1. The Morgan fingerprint density at radius 2 is 1.91 bits per heavy atom. The number of allylic oxidation sites excluding steroid dienone is 4. The first-order valence-corrected chi connectivity index (χ1v) is 13.3. The van der Waals surface area contributed by atoms with E-state index >= 15 is 0 Å². The van der Waals surface area contributed by atoms with Gasteiger partial charge in [-0.05, 0) is 104 Å². The molecule has 0 unspecified atom stereocenters. The Morgan fingerprint density at radius 1 is 1.21 bits per heavy atom. The summed E-state index contributed by atoms with van der Waals surface area (Å²) in [6.45, 7) is 18.4. The van der Waals surface area contributed by atoms with Gasteiger partial charge in [-0.2, -0.15) is 0 Å². The molecular weight excluding hydrogens is 408 g/mol. The van der Waals surface area contributed by atoms with E-state index in [4.69, 9.17) is 11.7 Å². The van der Waals surface area contributed by atoms with Crippen molar-refractivity contribution in [2.45, 2.75) is 99.0 Å². The quantitative estimate of drug-likeness (QED) is 0.342. The van der Waals surface area contributed by atoms with Crippen molar-refractivity contribution in [3.8, 4) is 0 Å². The molecule has 0 spiro atoms. The highest BCUT2D eigenvalue weighted by Gasteiger charge is 2.62. The second-order valence-corrected chi connectivity index (χ2v) is 13.1. The van der Waals surface area contributed by atoms with Crippen LogP contribution in [0.1, 0.15) is 92.9 Å². The fourth-order valence-electron chi connectivity index (χ4n) is 8.81. The summed E-state index contributed by atoms with van der Waals surface area (Å²) in [6.07, 6.45) is 13.0. The van der Waals surface area contributed by atoms with Crippen molar-refractivity contribution in [2.24, 2.45) is 45.8 Å². The van der Waals surface area contributed by atoms with E-state index in [1.54, 1.807) is 12.5 Å². The summed E-state index contributed by atoms with van der Waals surface area (Å²) in [7, 11) is 0. The van der Waals surface area contributed by atoms with Gasteiger partial charge < -0.3 is 10.2 Å². The van der Waals surface area contributed by atoms with Crippen molar-refractivity contribution in [3.63, 3.8) is 0 Å². The van der Waals surface area contributed by atoms with Crippen LogP contribution >= 0.6 is 0 Å². The standard InChI is InChI=1S/C30H46O3/c1-18(9-8-10-19(2)27(32)33)21-13-15-29(6)22-11-12-25-28(4,5)26(31)14-16-30(25,7)24(22)17-23(29)20(21)3/h10-11,18,21,23-26,31H,3,8-9,12-17H2,1-2,4-7H3,(H,32,33)/b19-10-/t18-,21-,23+,24-,25+,26+,29+,30-/m1/s1. The minimum atomic E-state index is -0.812. The van der Waals surface area contributed by atoms with E-state index in [9.17, 15) is 9.90 Å². The van der Waals surface area contributed by atoms with Crippen LogP contribution in [0, 0.1) is 45.8 Å². The monoisotopic (exact) mass is 454 g/mol. The molecule has 3 heteroatoms. The van der Waals surface area contributed by atoms with Crippen LogP contribution in [-0.2, 0) is 4.79 Å². The van der Waals surface area contributed by atoms with Crippen molar-refractivity contribution >= 4 is 5.97 Å². The van der Waals surface area contributed by atoms with Crippen LogP contribution in [0.2, 0.25) is 0 Å². The van der Waals surface area contributed by atoms with Crippen LogP contribution in [0.4, 0.5) is 0 Å². The Hall–Kier alpha value is -1.35. The molecule has 0 heterocycles. The Labute approximate surface area is 201 Å². The van der Waals surface area contributed by atoms with Gasteiger partial charge in [-0.1, -0.05) is 64.5 Å². The molecule has 0 bridgehead atoms. The van der Waals surface area contributed by atoms with E-state index in [0.717, 1.165) is 32.1 Å². The van der Waals surface area contributed by atoms with Gasteiger partial charge in [0.05, 0.1) is 6.10 Å². The molecule has 4 aliphatic rings. The average molecular weight is 455 g/mol. The molecule has 3 fully saturated rings. The molecule has 184 valence electrons. The van der Waals surface area contributed by atoms with Crippen LogP contribution in [0.15, 0.2) is 35.5 Å². The van der Waals surface area contributed by atoms with Crippen LogP contribution in [0.25, 0.3) is 0 Å². The van der Waals surface area contributed by atoms with Crippen LogP contribution in [0.3, 0.4) is 0 Å². The van der Waals surface area contributed by atoms with E-state index in [0.29, 0.717) is 35.2 Å². The largest absolute Gasteiger partial charge is 0.478 e. The number of hydrogen-bond acceptors (Lipinski definition) is 2. The Kier molecular flexibility index (Phi) is 6.30. The molecule has 0 saturated heterocycles. The highest BCUT2D eigenvalue weighted by atomic mass is 16.4. The van der Waals surface area contributed by atoms with E-state index in [1.807, 2.05) is 6.08 Å². The summed E-state index contributed by atoms with van der Waals surface area (Å²) >= 11 is 0. The molecule has 3 saturated carbocycles. The van der Waals surface area contributed by atoms with Gasteiger partial charge in [-0.3, -0.25) is 0 Å². The van der Waals surface area contributed by atoms with Crippen molar-refractivity contribution in [2.75, 3.05) is 0 Å². The van der Waals surface area contributed by atoms with E-state index < -0.39 is 5.97 Å². The molecule has 4 aliphatic carbocycles. The maximum absolute atomic E-state index is 11.1. The number of rotatable bonds is 5. The van der Waals surface area contributed by atoms with Gasteiger partial charge >= 0.3 is 5.97 Å². The molecule has 0 aromatic rings. The maximum atomic E-state index is 11.1. The molecular formula is C30H46O3. The van der Waals surface area contributed by atoms with Gasteiger partial charge in [-0.25, -0.2) is 4.79 Å². The highest BCUT2D eigenvalue weighted by molar-refractivity contribution is 5.85. The van der Waals surface area contributed by atoms with Gasteiger partial charge in [0.1, 0.15) is 0 Å². The number of fused-ring (bicyclic) bond motifs is 5. The lowest BCUT2D eigenvalue weighted by molar-refractivity contribution is -0.132. The van der Waals surface area contributed by atoms with Crippen LogP contribution < -0.4 is 0 Å². The van der Waals surface area contributed by atoms with Crippen molar-refractivity contribution < 1.29 is 15.0 Å². The fraction of sp³-hybridized carbons (Fsp3) is 0.767. The van der Waals surface area contributed by atoms with Crippen LogP contribution in [0.5, 0.6) is 0 Å². The van der Waals surface area contributed by atoms with Gasteiger partial charge in [0.25, 0.3) is 0 Å². The molecule has 2 N–H and O–H groups in total. The molecule has 0 radical (unpaired) electrons. The zero-order valence-corrected chi connectivity index (χ0v) is 21.8. The van der Waals surface area contributed by atoms with Gasteiger partial charge in [0.2, 0.25) is 0 Å². The summed E-state index contributed by atoms with van der Waals surface area (Å²) in [4.78, 5) is 11.1. The first-order valence-electron chi connectivity index (χ1n) is 13.3. The zero-order valence-electron chi connectivity index (χ0n) is 21.8. The van der Waals surface area contributed by atoms with Gasteiger partial charge in [-0.15, -0.1) is 0 Å². The van der Waals surface area contributed by atoms with E-state index in [2.05, 4.69) is 40.7 Å². The molecule has 0 amide bonds. The SMILES string of the molecule is C=C1[C@@H]([C@H](C)CC/C=C(/C)C(=O)O)CC[C@@]2(C)C3=CC[C@H]4C(C)(C)[C@@H](O)CC[C@]4(C)[C@@H]3C[C@@H]12. The Balaban J connectivity index is 1.53. The topological polar surface area (TPSA) is 57.5 Å². The molecule has 3 nitrogen and oxygen atoms in total. The Bertz CT molecular complexity index is 879. The van der Waals surface area contributed by atoms with Crippen molar-refractivity contribution in [1.82, 2.24) is 0 Å². The predicted octanol–water partition coefficient (Wildman–Crippen LogP) is 7.18. The molecule has 0 aromatic carbocycles. The summed E-state index contributed by atoms with van der Waals surface area (Å²) in [6, 6.07) is 0. The summed E-state index contributed by atoms with van der Waals surface area (Å²) in [5.41, 5.74) is 4.11. The normalized spacial score (nSPS) is 43.2. The van der Waals surface area contributed by atoms with E-state index in [1.165, 1.54) is 24.8 Å². The second kappa shape index (κ2) is 8.40. The smallest absolute Gasteiger partial charge is 0.330 e. The first kappa shape index (κ1) is 24.8. The zero-order chi connectivity index (χ0) is 24.3. The summed E-state index contributed by atoms with van der Waals surface area (Å²) < 4.78 is 0. The second-order valence-electron chi connectivity index (χ2n) is 13.1. The third kappa shape index (κ3) is 3.77. The van der Waals surface area contributed by atoms with Crippen LogP contribution in [-0.4, -0.2) is 22.3 Å². The number of hydrogen-bond donors (Lipinski definition) is 2. The number of aliphatic carboxylic acids is 1. The number of aliphatic hydroxyl groups is 1. The number of aliphatic hydroxyl groups excluding tert-OH is 1. The summed E-state index contributed by atoms with van der Waals surface area (Å²) in [5.74, 6) is 1.96. The predicted molar refractivity (Wildman–Crippen MR) is 135 cm³/mol. The minimum absolute atomic E-state index is 0.0284. The molecule has 0 aromatic heterocycles. The molecule has 8 atom stereocenters. The number of carboxylic acid groups (broad SMARTS) is 1. The third-order valence-electron chi connectivity index (χ3n) is 11.1. The van der Waals surface area contributed by atoms with Crippen molar-refractivity contribution in [1.29, 1.82) is 0 Å². The first-order chi connectivity index (χ1) is 15.3. The number of carboxylic acids is 1. The summed E-state index contributed by atoms with van der Waals surface area (Å²) in [5, 5.41) is 19.9. The van der Waals surface area contributed by atoms with Gasteiger partial charge in [0.15, 0.2) is 0 Å². The molecule has 4 rings (SSSR count).